The second-order valence-corrected chi connectivity index (χ2v) is 8.47. The number of halogens is 4. The van der Waals surface area contributed by atoms with Crippen molar-refractivity contribution in [3.05, 3.63) is 57.1 Å². The van der Waals surface area contributed by atoms with E-state index in [9.17, 15) is 27.9 Å². The van der Waals surface area contributed by atoms with Gasteiger partial charge in [-0.15, -0.1) is 0 Å². The summed E-state index contributed by atoms with van der Waals surface area (Å²) in [6, 6.07) is 2.49. The first kappa shape index (κ1) is 23.8. The topological polar surface area (TPSA) is 100 Å². The Balaban J connectivity index is 1.94. The molecule has 1 atom stereocenters. The first-order valence-corrected chi connectivity index (χ1v) is 10.9. The van der Waals surface area contributed by atoms with Crippen molar-refractivity contribution < 1.29 is 23.1 Å². The maximum Gasteiger partial charge on any atom is 0.412 e. The third kappa shape index (κ3) is 4.52. The summed E-state index contributed by atoms with van der Waals surface area (Å²) in [6.07, 6.45) is -0.921. The lowest BCUT2D eigenvalue weighted by Crippen LogP contribution is -2.36. The molecular formula is C22H21ClF3N5O3. The fourth-order valence-electron chi connectivity index (χ4n) is 4.14. The molecule has 180 valence electrons. The van der Waals surface area contributed by atoms with E-state index in [-0.39, 0.29) is 33.1 Å². The molecule has 1 aromatic carbocycles. The van der Waals surface area contributed by atoms with Crippen molar-refractivity contribution in [2.75, 3.05) is 23.3 Å². The van der Waals surface area contributed by atoms with Crippen LogP contribution in [0.4, 0.5) is 24.8 Å². The highest BCUT2D eigenvalue weighted by molar-refractivity contribution is 6.31. The lowest BCUT2D eigenvalue weighted by molar-refractivity contribution is -0.143. The molecule has 0 amide bonds. The van der Waals surface area contributed by atoms with Gasteiger partial charge in [0.25, 0.3) is 5.56 Å². The van der Waals surface area contributed by atoms with E-state index >= 15 is 0 Å². The first-order valence-electron chi connectivity index (χ1n) is 10.5. The molecule has 2 aromatic heterocycles. The Morgan fingerprint density at radius 1 is 1.24 bits per heavy atom. The van der Waals surface area contributed by atoms with Crippen LogP contribution < -0.4 is 15.8 Å². The van der Waals surface area contributed by atoms with E-state index in [1.807, 2.05) is 4.90 Å². The molecule has 0 aliphatic carbocycles. The van der Waals surface area contributed by atoms with Gasteiger partial charge in [0.05, 0.1) is 16.6 Å². The van der Waals surface area contributed by atoms with Crippen LogP contribution in [0, 0.1) is 0 Å². The number of benzene rings is 1. The van der Waals surface area contributed by atoms with Gasteiger partial charge in [-0.3, -0.25) is 9.36 Å². The van der Waals surface area contributed by atoms with Crippen LogP contribution in [0.1, 0.15) is 41.4 Å². The van der Waals surface area contributed by atoms with Crippen LogP contribution >= 0.6 is 11.6 Å². The average Bonchev–Trinajstić information content (AvgIpc) is 2.79. The van der Waals surface area contributed by atoms with E-state index in [0.29, 0.717) is 13.1 Å². The Morgan fingerprint density at radius 3 is 2.59 bits per heavy atom. The van der Waals surface area contributed by atoms with Gasteiger partial charge < -0.3 is 15.3 Å². The van der Waals surface area contributed by atoms with E-state index in [0.717, 1.165) is 25.3 Å². The van der Waals surface area contributed by atoms with Gasteiger partial charge in [-0.2, -0.15) is 13.2 Å². The zero-order valence-electron chi connectivity index (χ0n) is 18.1. The second-order valence-electron chi connectivity index (χ2n) is 8.04. The van der Waals surface area contributed by atoms with Crippen LogP contribution in [0.3, 0.4) is 0 Å². The van der Waals surface area contributed by atoms with Crippen molar-refractivity contribution in [2.24, 2.45) is 7.05 Å². The van der Waals surface area contributed by atoms with Crippen LogP contribution in [0.15, 0.2) is 35.3 Å². The summed E-state index contributed by atoms with van der Waals surface area (Å²) < 4.78 is 44.3. The lowest BCUT2D eigenvalue weighted by atomic mass is 10.0. The zero-order chi connectivity index (χ0) is 24.6. The van der Waals surface area contributed by atoms with Gasteiger partial charge >= 0.3 is 12.1 Å². The molecule has 0 unspecified atom stereocenters. The maximum atomic E-state index is 14.3. The number of anilines is 2. The highest BCUT2D eigenvalue weighted by atomic mass is 35.5. The van der Waals surface area contributed by atoms with E-state index in [1.165, 1.54) is 36.0 Å². The number of hydrogen-bond donors (Lipinski definition) is 2. The summed E-state index contributed by atoms with van der Waals surface area (Å²) in [7, 11) is 1.52. The molecule has 3 heterocycles. The van der Waals surface area contributed by atoms with Crippen molar-refractivity contribution in [3.63, 3.8) is 0 Å². The molecule has 1 fully saturated rings. The largest absolute Gasteiger partial charge is 0.476 e. The minimum Gasteiger partial charge on any atom is -0.476 e. The number of nitrogens with zero attached hydrogens (tertiary/aromatic N) is 4. The highest BCUT2D eigenvalue weighted by Gasteiger charge is 2.43. The fourth-order valence-corrected chi connectivity index (χ4v) is 4.36. The van der Waals surface area contributed by atoms with Crippen molar-refractivity contribution in [2.45, 2.75) is 31.5 Å². The van der Waals surface area contributed by atoms with Crippen LogP contribution in [-0.2, 0) is 7.05 Å². The number of aromatic nitrogens is 3. The molecule has 8 nitrogen and oxygen atoms in total. The number of alkyl halides is 3. The molecule has 1 saturated heterocycles. The van der Waals surface area contributed by atoms with E-state index < -0.39 is 29.4 Å². The molecule has 1 aliphatic heterocycles. The average molecular weight is 496 g/mol. The van der Waals surface area contributed by atoms with Gasteiger partial charge in [-0.05, 0) is 43.5 Å². The maximum absolute atomic E-state index is 14.3. The Morgan fingerprint density at radius 2 is 1.94 bits per heavy atom. The van der Waals surface area contributed by atoms with Gasteiger partial charge in [-0.25, -0.2) is 14.8 Å². The highest BCUT2D eigenvalue weighted by Crippen LogP contribution is 2.40. The number of rotatable bonds is 5. The molecule has 1 aliphatic rings. The first-order chi connectivity index (χ1) is 16.1. The molecule has 0 spiro atoms. The van der Waals surface area contributed by atoms with Crippen LogP contribution in [0.5, 0.6) is 0 Å². The number of aromatic carboxylic acids is 1. The van der Waals surface area contributed by atoms with Crippen LogP contribution in [0.25, 0.3) is 10.9 Å². The molecule has 0 saturated carbocycles. The van der Waals surface area contributed by atoms with Crippen molar-refractivity contribution in [1.82, 2.24) is 14.5 Å². The van der Waals surface area contributed by atoms with Crippen LogP contribution in [-0.4, -0.2) is 44.9 Å². The van der Waals surface area contributed by atoms with Gasteiger partial charge in [0.2, 0.25) is 5.95 Å². The zero-order valence-corrected chi connectivity index (χ0v) is 18.8. The van der Waals surface area contributed by atoms with Gasteiger partial charge in [0.15, 0.2) is 11.7 Å². The molecule has 0 radical (unpaired) electrons. The number of fused-ring (bicyclic) bond motifs is 1. The van der Waals surface area contributed by atoms with Gasteiger partial charge in [0, 0.05) is 36.9 Å². The number of carboxylic acids is 1. The van der Waals surface area contributed by atoms with Gasteiger partial charge in [-0.1, -0.05) is 11.6 Å². The molecular weight excluding hydrogens is 475 g/mol. The Bertz CT molecular complexity index is 1310. The summed E-state index contributed by atoms with van der Waals surface area (Å²) in [5.41, 5.74) is -1.95. The minimum atomic E-state index is -4.88. The number of pyridine rings is 1. The summed E-state index contributed by atoms with van der Waals surface area (Å²) in [5.74, 6) is -1.21. The summed E-state index contributed by atoms with van der Waals surface area (Å²) in [5, 5.41) is 11.5. The SMILES string of the molecule is Cn1c(N2CCCCC2)nc2c([C@H](Nc3cccnc3C(=O)O)C(F)(F)F)cc(Cl)cc2c1=O. The normalized spacial score (nSPS) is 15.4. The number of piperidine rings is 1. The van der Waals surface area contributed by atoms with Crippen LogP contribution in [0.2, 0.25) is 5.02 Å². The fraction of sp³-hybridized carbons (Fsp3) is 0.364. The third-order valence-electron chi connectivity index (χ3n) is 5.74. The Labute approximate surface area is 197 Å². The molecule has 0 bridgehead atoms. The monoisotopic (exact) mass is 495 g/mol. The number of carbonyl (C=O) groups is 1. The van der Waals surface area contributed by atoms with Crippen molar-refractivity contribution in [3.8, 4) is 0 Å². The van der Waals surface area contributed by atoms with E-state index in [4.69, 9.17) is 11.6 Å². The molecule has 34 heavy (non-hydrogen) atoms. The van der Waals surface area contributed by atoms with Crippen molar-refractivity contribution >= 4 is 40.1 Å². The van der Waals surface area contributed by atoms with E-state index in [2.05, 4.69) is 15.3 Å². The Kier molecular flexibility index (Phi) is 6.39. The number of nitrogens with one attached hydrogen (secondary N) is 1. The third-order valence-corrected chi connectivity index (χ3v) is 5.96. The van der Waals surface area contributed by atoms with Gasteiger partial charge in [0.1, 0.15) is 0 Å². The molecule has 12 heteroatoms. The van der Waals surface area contributed by atoms with E-state index in [1.54, 1.807) is 0 Å². The lowest BCUT2D eigenvalue weighted by Gasteiger charge is -2.30. The smallest absolute Gasteiger partial charge is 0.412 e. The second kappa shape index (κ2) is 9.13. The molecule has 4 rings (SSSR count). The predicted octanol–water partition coefficient (Wildman–Crippen LogP) is 4.39. The summed E-state index contributed by atoms with van der Waals surface area (Å²) in [6.45, 7) is 1.26. The molecule has 2 N–H and O–H groups in total. The predicted molar refractivity (Wildman–Crippen MR) is 122 cm³/mol. The standard InChI is InChI=1S/C22H21ClF3N5O3/c1-30-19(32)14-11-12(23)10-13(16(14)29-21(30)31-8-3-2-4-9-31)18(22(24,25)26)28-15-6-5-7-27-17(15)20(33)34/h5-7,10-11,18,28H,2-4,8-9H2,1H3,(H,33,34)/t18-/m0/s1. The molecule has 3 aromatic rings. The van der Waals surface area contributed by atoms with Crippen molar-refractivity contribution in [1.29, 1.82) is 0 Å². The summed E-state index contributed by atoms with van der Waals surface area (Å²) in [4.78, 5) is 34.6. The number of carboxylic acid groups (broad SMARTS) is 1. The minimum absolute atomic E-state index is 0.0635. The quantitative estimate of drug-likeness (QED) is 0.541. The number of hydrogen-bond acceptors (Lipinski definition) is 6. The Hall–Kier alpha value is -3.34. The summed E-state index contributed by atoms with van der Waals surface area (Å²) >= 11 is 6.13.